The van der Waals surface area contributed by atoms with Gasteiger partial charge in [0.2, 0.25) is 5.91 Å². The van der Waals surface area contributed by atoms with Crippen LogP contribution in [-0.4, -0.2) is 15.5 Å². The zero-order valence-electron chi connectivity index (χ0n) is 11.1. The molecule has 0 atom stereocenters. The van der Waals surface area contributed by atoms with Crippen molar-refractivity contribution in [1.29, 1.82) is 0 Å². The number of nitrogens with zero attached hydrogens (tertiary/aromatic N) is 2. The van der Waals surface area contributed by atoms with E-state index in [1.165, 1.54) is 24.0 Å². The zero-order valence-corrected chi connectivity index (χ0v) is 11.9. The van der Waals surface area contributed by atoms with Gasteiger partial charge in [0, 0.05) is 13.1 Å². The molecule has 0 bridgehead atoms. The van der Waals surface area contributed by atoms with Crippen LogP contribution in [0, 0.1) is 6.92 Å². The van der Waals surface area contributed by atoms with Gasteiger partial charge in [0.1, 0.15) is 0 Å². The number of anilines is 1. The minimum Gasteiger partial charge on any atom is -0.323 e. The Morgan fingerprint density at radius 3 is 2.52 bits per heavy atom. The van der Waals surface area contributed by atoms with Crippen molar-refractivity contribution in [2.45, 2.75) is 20.0 Å². The van der Waals surface area contributed by atoms with Gasteiger partial charge >= 0.3 is 6.18 Å². The second-order valence-electron chi connectivity index (χ2n) is 4.45. The Labute approximate surface area is 123 Å². The number of hydrogen-bond acceptors (Lipinski definition) is 2. The minimum absolute atomic E-state index is 0.102. The van der Waals surface area contributed by atoms with Crippen LogP contribution < -0.4 is 5.32 Å². The van der Waals surface area contributed by atoms with Crippen LogP contribution in [0.15, 0.2) is 24.7 Å². The van der Waals surface area contributed by atoms with Gasteiger partial charge in [0.05, 0.1) is 34.0 Å². The SMILES string of the molecule is CC(=O)Nc1c(Cl)cc(C(F)(F)F)cc1-n1cnc(C)c1. The fourth-order valence-electron chi connectivity index (χ4n) is 1.81. The standard InChI is InChI=1S/C13H11ClF3N3O/c1-7-5-20(6-18-7)11-4-9(13(15,16)17)3-10(14)12(11)19-8(2)21/h3-6H,1-2H3,(H,19,21). The summed E-state index contributed by atoms with van der Waals surface area (Å²) in [6, 6.07) is 1.69. The average Bonchev–Trinajstić information content (AvgIpc) is 2.76. The number of rotatable bonds is 2. The largest absolute Gasteiger partial charge is 0.416 e. The van der Waals surface area contributed by atoms with Crippen molar-refractivity contribution in [2.75, 3.05) is 5.32 Å². The summed E-state index contributed by atoms with van der Waals surface area (Å²) in [5.41, 5.74) is -0.0690. The highest BCUT2D eigenvalue weighted by molar-refractivity contribution is 6.34. The molecule has 0 aliphatic heterocycles. The lowest BCUT2D eigenvalue weighted by atomic mass is 10.1. The van der Waals surface area contributed by atoms with Gasteiger partial charge in [-0.3, -0.25) is 4.79 Å². The molecule has 0 saturated carbocycles. The number of aromatic nitrogens is 2. The van der Waals surface area contributed by atoms with Crippen LogP contribution in [0.5, 0.6) is 0 Å². The summed E-state index contributed by atoms with van der Waals surface area (Å²) in [7, 11) is 0. The molecule has 0 spiro atoms. The molecule has 1 amide bonds. The molecule has 0 unspecified atom stereocenters. The molecule has 1 heterocycles. The first-order valence-electron chi connectivity index (χ1n) is 5.88. The normalized spacial score (nSPS) is 11.5. The molecule has 1 aromatic carbocycles. The van der Waals surface area contributed by atoms with Crippen molar-refractivity contribution < 1.29 is 18.0 Å². The Morgan fingerprint density at radius 2 is 2.05 bits per heavy atom. The molecular weight excluding hydrogens is 307 g/mol. The molecule has 0 fully saturated rings. The maximum Gasteiger partial charge on any atom is 0.416 e. The van der Waals surface area contributed by atoms with E-state index in [9.17, 15) is 18.0 Å². The number of carbonyl (C=O) groups excluding carboxylic acids is 1. The van der Waals surface area contributed by atoms with Crippen molar-refractivity contribution in [1.82, 2.24) is 9.55 Å². The first-order valence-corrected chi connectivity index (χ1v) is 6.25. The lowest BCUT2D eigenvalue weighted by Crippen LogP contribution is -2.12. The number of hydrogen-bond donors (Lipinski definition) is 1. The van der Waals surface area contributed by atoms with E-state index in [2.05, 4.69) is 10.3 Å². The predicted molar refractivity (Wildman–Crippen MR) is 72.6 cm³/mol. The third-order valence-corrected chi connectivity index (χ3v) is 2.99. The molecule has 21 heavy (non-hydrogen) atoms. The molecule has 112 valence electrons. The summed E-state index contributed by atoms with van der Waals surface area (Å²) in [5.74, 6) is -0.435. The predicted octanol–water partition coefficient (Wildman–Crippen LogP) is 3.81. The molecule has 0 saturated heterocycles. The van der Waals surface area contributed by atoms with Crippen LogP contribution in [0.2, 0.25) is 5.02 Å². The van der Waals surface area contributed by atoms with Gasteiger partial charge in [-0.05, 0) is 19.1 Å². The van der Waals surface area contributed by atoms with E-state index in [4.69, 9.17) is 11.6 Å². The number of benzene rings is 1. The maximum atomic E-state index is 12.9. The summed E-state index contributed by atoms with van der Waals surface area (Å²) in [5, 5.41) is 2.25. The Kier molecular flexibility index (Phi) is 3.95. The van der Waals surface area contributed by atoms with Crippen LogP contribution >= 0.6 is 11.6 Å². The van der Waals surface area contributed by atoms with Crippen LogP contribution in [0.3, 0.4) is 0 Å². The molecule has 1 N–H and O–H groups in total. The first-order chi connectivity index (χ1) is 9.68. The van der Waals surface area contributed by atoms with E-state index in [0.717, 1.165) is 12.1 Å². The Hall–Kier alpha value is -2.02. The van der Waals surface area contributed by atoms with Crippen molar-refractivity contribution in [2.24, 2.45) is 0 Å². The molecule has 2 aromatic rings. The quantitative estimate of drug-likeness (QED) is 0.915. The molecule has 2 rings (SSSR count). The minimum atomic E-state index is -4.54. The van der Waals surface area contributed by atoms with Gasteiger partial charge in [-0.15, -0.1) is 0 Å². The van der Waals surface area contributed by atoms with E-state index < -0.39 is 17.6 Å². The van der Waals surface area contributed by atoms with Crippen molar-refractivity contribution in [3.63, 3.8) is 0 Å². The summed E-state index contributed by atoms with van der Waals surface area (Å²) >= 11 is 5.89. The highest BCUT2D eigenvalue weighted by Gasteiger charge is 2.32. The monoisotopic (exact) mass is 317 g/mol. The Bertz CT molecular complexity index is 694. The average molecular weight is 318 g/mol. The lowest BCUT2D eigenvalue weighted by Gasteiger charge is -2.16. The zero-order chi connectivity index (χ0) is 15.8. The Morgan fingerprint density at radius 1 is 1.38 bits per heavy atom. The van der Waals surface area contributed by atoms with E-state index >= 15 is 0 Å². The number of nitrogens with one attached hydrogen (secondary N) is 1. The molecule has 0 radical (unpaired) electrons. The third kappa shape index (κ3) is 3.36. The summed E-state index contributed by atoms with van der Waals surface area (Å²) in [6.45, 7) is 2.95. The third-order valence-electron chi connectivity index (χ3n) is 2.69. The van der Waals surface area contributed by atoms with Crippen molar-refractivity contribution in [3.8, 4) is 5.69 Å². The maximum absolute atomic E-state index is 12.9. The van der Waals surface area contributed by atoms with Crippen LogP contribution in [0.1, 0.15) is 18.2 Å². The van der Waals surface area contributed by atoms with Crippen LogP contribution in [0.4, 0.5) is 18.9 Å². The first kappa shape index (κ1) is 15.4. The van der Waals surface area contributed by atoms with E-state index in [1.54, 1.807) is 6.92 Å². The number of imidazole rings is 1. The van der Waals surface area contributed by atoms with Gasteiger partial charge < -0.3 is 9.88 Å². The fourth-order valence-corrected chi connectivity index (χ4v) is 2.07. The fraction of sp³-hybridized carbons (Fsp3) is 0.231. The number of amides is 1. The molecule has 0 aliphatic carbocycles. The lowest BCUT2D eigenvalue weighted by molar-refractivity contribution is -0.137. The van der Waals surface area contributed by atoms with Gasteiger partial charge in [-0.25, -0.2) is 4.98 Å². The molecule has 4 nitrogen and oxygen atoms in total. The van der Waals surface area contributed by atoms with Crippen molar-refractivity contribution in [3.05, 3.63) is 40.9 Å². The van der Waals surface area contributed by atoms with E-state index in [1.807, 2.05) is 0 Å². The van der Waals surface area contributed by atoms with Gasteiger partial charge in [-0.2, -0.15) is 13.2 Å². The summed E-state index contributed by atoms with van der Waals surface area (Å²) < 4.78 is 40.1. The smallest absolute Gasteiger partial charge is 0.323 e. The number of halogens is 4. The highest BCUT2D eigenvalue weighted by Crippen LogP contribution is 2.38. The number of alkyl halides is 3. The van der Waals surface area contributed by atoms with Gasteiger partial charge in [0.25, 0.3) is 0 Å². The van der Waals surface area contributed by atoms with Crippen molar-refractivity contribution >= 4 is 23.2 Å². The number of carbonyl (C=O) groups is 1. The molecule has 1 aromatic heterocycles. The molecule has 0 aliphatic rings. The second-order valence-corrected chi connectivity index (χ2v) is 4.86. The van der Waals surface area contributed by atoms with Crippen LogP contribution in [0.25, 0.3) is 5.69 Å². The summed E-state index contributed by atoms with van der Waals surface area (Å²) in [6.07, 6.45) is -1.65. The van der Waals surface area contributed by atoms with Gasteiger partial charge in [0.15, 0.2) is 0 Å². The molecular formula is C13H11ClF3N3O. The van der Waals surface area contributed by atoms with E-state index in [-0.39, 0.29) is 16.4 Å². The van der Waals surface area contributed by atoms with Gasteiger partial charge in [-0.1, -0.05) is 11.6 Å². The second kappa shape index (κ2) is 5.40. The van der Waals surface area contributed by atoms with Crippen LogP contribution in [-0.2, 0) is 11.0 Å². The topological polar surface area (TPSA) is 46.9 Å². The number of aryl methyl sites for hydroxylation is 1. The Balaban J connectivity index is 2.67. The summed E-state index contributed by atoms with van der Waals surface area (Å²) in [4.78, 5) is 15.2. The van der Waals surface area contributed by atoms with E-state index in [0.29, 0.717) is 5.69 Å². The highest BCUT2D eigenvalue weighted by atomic mass is 35.5. The molecule has 8 heteroatoms.